The maximum atomic E-state index is 12.9. The number of amides is 1. The fourth-order valence-corrected chi connectivity index (χ4v) is 4.03. The number of ether oxygens (including phenoxy) is 1. The van der Waals surface area contributed by atoms with Crippen molar-refractivity contribution in [2.45, 2.75) is 51.5 Å². The number of likely N-dealkylation sites (tertiary alicyclic amines) is 2. The summed E-state index contributed by atoms with van der Waals surface area (Å²) in [5.41, 5.74) is 0. The van der Waals surface area contributed by atoms with E-state index in [1.807, 2.05) is 4.90 Å². The van der Waals surface area contributed by atoms with E-state index in [-0.39, 0.29) is 11.7 Å². The van der Waals surface area contributed by atoms with Crippen LogP contribution >= 0.6 is 0 Å². The van der Waals surface area contributed by atoms with Gasteiger partial charge in [-0.25, -0.2) is 4.39 Å². The number of rotatable bonds is 7. The highest BCUT2D eigenvalue weighted by Crippen LogP contribution is 2.21. The Morgan fingerprint density at radius 1 is 1.19 bits per heavy atom. The molecule has 2 atom stereocenters. The Bertz CT molecular complexity index is 572. The van der Waals surface area contributed by atoms with Crippen LogP contribution < -0.4 is 4.74 Å². The molecule has 0 saturated carbocycles. The van der Waals surface area contributed by atoms with E-state index in [1.165, 1.54) is 38.1 Å². The molecular formula is C21H31FN2O2. The Balaban J connectivity index is 1.40. The molecule has 0 unspecified atom stereocenters. The van der Waals surface area contributed by atoms with Crippen LogP contribution in [0.4, 0.5) is 4.39 Å². The summed E-state index contributed by atoms with van der Waals surface area (Å²) in [4.78, 5) is 17.1. The fourth-order valence-electron chi connectivity index (χ4n) is 4.03. The van der Waals surface area contributed by atoms with Gasteiger partial charge in [0.1, 0.15) is 11.6 Å². The highest BCUT2D eigenvalue weighted by Gasteiger charge is 2.25. The lowest BCUT2D eigenvalue weighted by molar-refractivity contribution is -0.133. The number of piperidine rings is 1. The highest BCUT2D eigenvalue weighted by atomic mass is 19.1. The van der Waals surface area contributed by atoms with E-state index in [1.54, 1.807) is 12.1 Å². The summed E-state index contributed by atoms with van der Waals surface area (Å²) in [7, 11) is 0. The molecule has 3 rings (SSSR count). The van der Waals surface area contributed by atoms with E-state index in [9.17, 15) is 9.18 Å². The van der Waals surface area contributed by atoms with Gasteiger partial charge in [0.25, 0.3) is 0 Å². The third kappa shape index (κ3) is 5.44. The Morgan fingerprint density at radius 2 is 1.92 bits per heavy atom. The molecule has 2 fully saturated rings. The van der Waals surface area contributed by atoms with Gasteiger partial charge < -0.3 is 14.5 Å². The number of hydrogen-bond acceptors (Lipinski definition) is 3. The summed E-state index contributed by atoms with van der Waals surface area (Å²) in [5.74, 6) is 1.07. The first kappa shape index (κ1) is 19.2. The lowest BCUT2D eigenvalue weighted by Gasteiger charge is -2.33. The van der Waals surface area contributed by atoms with Crippen molar-refractivity contribution in [1.29, 1.82) is 0 Å². The van der Waals surface area contributed by atoms with Crippen LogP contribution in [-0.2, 0) is 4.79 Å². The van der Waals surface area contributed by atoms with Crippen molar-refractivity contribution in [1.82, 2.24) is 9.80 Å². The minimum atomic E-state index is -0.255. The van der Waals surface area contributed by atoms with Crippen molar-refractivity contribution in [3.63, 3.8) is 0 Å². The second-order valence-electron chi connectivity index (χ2n) is 7.74. The van der Waals surface area contributed by atoms with Crippen molar-refractivity contribution in [3.8, 4) is 5.75 Å². The average Bonchev–Trinajstić information content (AvgIpc) is 3.20. The molecule has 144 valence electrons. The zero-order valence-corrected chi connectivity index (χ0v) is 15.8. The minimum absolute atomic E-state index is 0.255. The van der Waals surface area contributed by atoms with Gasteiger partial charge in [-0.3, -0.25) is 4.79 Å². The van der Waals surface area contributed by atoms with Crippen LogP contribution in [0, 0.1) is 11.7 Å². The third-order valence-corrected chi connectivity index (χ3v) is 5.71. The normalized spacial score (nSPS) is 22.4. The molecule has 4 nitrogen and oxygen atoms in total. The van der Waals surface area contributed by atoms with Gasteiger partial charge in [0.15, 0.2) is 0 Å². The van der Waals surface area contributed by atoms with E-state index in [2.05, 4.69) is 11.8 Å². The summed E-state index contributed by atoms with van der Waals surface area (Å²) in [6, 6.07) is 6.63. The molecule has 0 aromatic heterocycles. The SMILES string of the molecule is C[C@H](CCC(=O)N1CCC[C@H](COc2ccc(F)cc2)C1)N1CCCC1. The summed E-state index contributed by atoms with van der Waals surface area (Å²) >= 11 is 0. The smallest absolute Gasteiger partial charge is 0.222 e. The molecule has 2 aliphatic heterocycles. The number of carbonyl (C=O) groups is 1. The minimum Gasteiger partial charge on any atom is -0.493 e. The van der Waals surface area contributed by atoms with Crippen molar-refractivity contribution >= 4 is 5.91 Å². The van der Waals surface area contributed by atoms with Crippen molar-refractivity contribution in [3.05, 3.63) is 30.1 Å². The van der Waals surface area contributed by atoms with Gasteiger partial charge >= 0.3 is 0 Å². The Morgan fingerprint density at radius 3 is 2.65 bits per heavy atom. The lowest BCUT2D eigenvalue weighted by Crippen LogP contribution is -2.42. The van der Waals surface area contributed by atoms with Gasteiger partial charge in [-0.1, -0.05) is 0 Å². The van der Waals surface area contributed by atoms with Crippen molar-refractivity contribution < 1.29 is 13.9 Å². The number of benzene rings is 1. The van der Waals surface area contributed by atoms with E-state index >= 15 is 0 Å². The highest BCUT2D eigenvalue weighted by molar-refractivity contribution is 5.76. The largest absolute Gasteiger partial charge is 0.493 e. The summed E-state index contributed by atoms with van der Waals surface area (Å²) in [6.45, 7) is 6.83. The maximum Gasteiger partial charge on any atom is 0.222 e. The van der Waals surface area contributed by atoms with E-state index in [0.717, 1.165) is 32.4 Å². The molecule has 1 amide bonds. The van der Waals surface area contributed by atoms with E-state index in [4.69, 9.17) is 4.74 Å². The van der Waals surface area contributed by atoms with Crippen molar-refractivity contribution in [2.24, 2.45) is 5.92 Å². The Kier molecular flexibility index (Phi) is 6.89. The number of carbonyl (C=O) groups excluding carboxylic acids is 1. The van der Waals surface area contributed by atoms with Crippen LogP contribution in [0.5, 0.6) is 5.75 Å². The van der Waals surface area contributed by atoms with E-state index < -0.39 is 0 Å². The number of hydrogen-bond donors (Lipinski definition) is 0. The second kappa shape index (κ2) is 9.36. The molecule has 2 saturated heterocycles. The van der Waals surface area contributed by atoms with Crippen molar-refractivity contribution in [2.75, 3.05) is 32.8 Å². The summed E-state index contributed by atoms with van der Waals surface area (Å²) in [5, 5.41) is 0. The summed E-state index contributed by atoms with van der Waals surface area (Å²) < 4.78 is 18.7. The first-order valence-corrected chi connectivity index (χ1v) is 10.0. The van der Waals surface area contributed by atoms with Gasteiger partial charge in [-0.05, 0) is 76.4 Å². The predicted molar refractivity (Wildman–Crippen MR) is 101 cm³/mol. The molecule has 0 radical (unpaired) electrons. The van der Waals surface area contributed by atoms with Gasteiger partial charge in [0.2, 0.25) is 5.91 Å². The van der Waals surface area contributed by atoms with Crippen LogP contribution in [0.25, 0.3) is 0 Å². The second-order valence-corrected chi connectivity index (χ2v) is 7.74. The molecule has 1 aromatic carbocycles. The molecule has 0 spiro atoms. The van der Waals surface area contributed by atoms with Crippen LogP contribution in [0.1, 0.15) is 45.4 Å². The Labute approximate surface area is 156 Å². The first-order valence-electron chi connectivity index (χ1n) is 10.0. The molecule has 0 N–H and O–H groups in total. The zero-order chi connectivity index (χ0) is 18.4. The topological polar surface area (TPSA) is 32.8 Å². The molecule has 2 aliphatic rings. The number of halogens is 1. The van der Waals surface area contributed by atoms with E-state index in [0.29, 0.717) is 30.7 Å². The molecule has 26 heavy (non-hydrogen) atoms. The fraction of sp³-hybridized carbons (Fsp3) is 0.667. The van der Waals surface area contributed by atoms with Crippen LogP contribution in [0.3, 0.4) is 0 Å². The first-order chi connectivity index (χ1) is 12.6. The molecule has 1 aromatic rings. The zero-order valence-electron chi connectivity index (χ0n) is 15.8. The monoisotopic (exact) mass is 362 g/mol. The molecular weight excluding hydrogens is 331 g/mol. The lowest BCUT2D eigenvalue weighted by atomic mass is 9.98. The van der Waals surface area contributed by atoms with Gasteiger partial charge in [-0.2, -0.15) is 0 Å². The average molecular weight is 362 g/mol. The van der Waals surface area contributed by atoms with Crippen LogP contribution in [0.15, 0.2) is 24.3 Å². The van der Waals surface area contributed by atoms with Crippen LogP contribution in [0.2, 0.25) is 0 Å². The van der Waals surface area contributed by atoms with Gasteiger partial charge in [0, 0.05) is 31.5 Å². The maximum absolute atomic E-state index is 12.9. The van der Waals surface area contributed by atoms with Crippen LogP contribution in [-0.4, -0.2) is 54.5 Å². The molecule has 0 bridgehead atoms. The quantitative estimate of drug-likeness (QED) is 0.741. The van der Waals surface area contributed by atoms with Gasteiger partial charge in [-0.15, -0.1) is 0 Å². The van der Waals surface area contributed by atoms with Gasteiger partial charge in [0.05, 0.1) is 6.61 Å². The predicted octanol–water partition coefficient (Wildman–Crippen LogP) is 3.71. The molecule has 2 heterocycles. The standard InChI is InChI=1S/C21H31FN2O2/c1-17(23-12-2-3-13-23)6-11-21(25)24-14-4-5-18(15-24)16-26-20-9-7-19(22)8-10-20/h7-10,17-18H,2-6,11-16H2,1H3/t17-,18+/m1/s1. The molecule has 5 heteroatoms. The Hall–Kier alpha value is -1.62. The molecule has 0 aliphatic carbocycles. The third-order valence-electron chi connectivity index (χ3n) is 5.71. The number of nitrogens with zero attached hydrogens (tertiary/aromatic N) is 2. The summed E-state index contributed by atoms with van der Waals surface area (Å²) in [6.07, 6.45) is 6.29.